The summed E-state index contributed by atoms with van der Waals surface area (Å²) >= 11 is 6.10. The van der Waals surface area contributed by atoms with Crippen molar-refractivity contribution >= 4 is 44.9 Å². The van der Waals surface area contributed by atoms with Crippen LogP contribution >= 0.6 is 11.6 Å². The first kappa shape index (κ1) is 24.8. The molecule has 3 rings (SSSR count). The predicted octanol–water partition coefficient (Wildman–Crippen LogP) is 4.50. The number of carbonyl (C=O) groups excluding carboxylic acids is 2. The van der Waals surface area contributed by atoms with Gasteiger partial charge in [0.2, 0.25) is 0 Å². The van der Waals surface area contributed by atoms with Crippen molar-refractivity contribution in [2.75, 3.05) is 10.0 Å². The van der Waals surface area contributed by atoms with Crippen LogP contribution in [0.5, 0.6) is 0 Å². The summed E-state index contributed by atoms with van der Waals surface area (Å²) in [5, 5.41) is 11.5. The van der Waals surface area contributed by atoms with Crippen molar-refractivity contribution in [3.63, 3.8) is 0 Å². The van der Waals surface area contributed by atoms with Gasteiger partial charge in [0, 0.05) is 11.4 Å². The van der Waals surface area contributed by atoms with Crippen LogP contribution in [0.2, 0.25) is 5.02 Å². The van der Waals surface area contributed by atoms with Crippen LogP contribution in [-0.4, -0.2) is 26.4 Å². The standard InChI is InChI=1S/C24H20ClN3O5S/c1-15-5-3-8-19(11-15)28-34(31,32)20-9-10-22(25)21(13-20)24(30)33-16(2)23(29)27-18-7-4-6-17(12-18)14-26/h3-13,16,28H,1-2H3,(H,27,29). The molecule has 10 heteroatoms. The van der Waals surface area contributed by atoms with E-state index in [1.807, 2.05) is 19.1 Å². The number of rotatable bonds is 7. The number of ether oxygens (including phenoxy) is 1. The SMILES string of the molecule is Cc1cccc(NS(=O)(=O)c2ccc(Cl)c(C(=O)OC(C)C(=O)Nc3cccc(C#N)c3)c2)c1. The molecule has 0 bridgehead atoms. The Morgan fingerprint density at radius 3 is 2.44 bits per heavy atom. The van der Waals surface area contributed by atoms with Crippen LogP contribution in [0.1, 0.15) is 28.4 Å². The van der Waals surface area contributed by atoms with Gasteiger partial charge < -0.3 is 10.1 Å². The Morgan fingerprint density at radius 1 is 1.03 bits per heavy atom. The average molecular weight is 498 g/mol. The van der Waals surface area contributed by atoms with E-state index in [1.54, 1.807) is 36.4 Å². The molecule has 0 aromatic heterocycles. The Morgan fingerprint density at radius 2 is 1.74 bits per heavy atom. The lowest BCUT2D eigenvalue weighted by Crippen LogP contribution is -2.30. The van der Waals surface area contributed by atoms with Crippen molar-refractivity contribution in [1.82, 2.24) is 0 Å². The third-order valence-electron chi connectivity index (χ3n) is 4.65. The summed E-state index contributed by atoms with van der Waals surface area (Å²) in [7, 11) is -4.02. The van der Waals surface area contributed by atoms with Crippen LogP contribution in [0, 0.1) is 18.3 Å². The third kappa shape index (κ3) is 6.13. The van der Waals surface area contributed by atoms with E-state index < -0.39 is 28.0 Å². The molecule has 0 spiro atoms. The molecule has 3 aromatic rings. The zero-order valence-electron chi connectivity index (χ0n) is 18.2. The first-order valence-electron chi connectivity index (χ1n) is 10.00. The van der Waals surface area contributed by atoms with Gasteiger partial charge in [-0.25, -0.2) is 13.2 Å². The smallest absolute Gasteiger partial charge is 0.340 e. The fourth-order valence-corrected chi connectivity index (χ4v) is 4.21. The van der Waals surface area contributed by atoms with Crippen molar-refractivity contribution in [1.29, 1.82) is 5.26 Å². The number of aryl methyl sites for hydroxylation is 1. The van der Waals surface area contributed by atoms with Crippen molar-refractivity contribution in [2.24, 2.45) is 0 Å². The van der Waals surface area contributed by atoms with Gasteiger partial charge in [0.05, 0.1) is 27.1 Å². The Kier molecular flexibility index (Phi) is 7.56. The summed E-state index contributed by atoms with van der Waals surface area (Å²) in [5.41, 5.74) is 1.74. The lowest BCUT2D eigenvalue weighted by atomic mass is 10.2. The van der Waals surface area contributed by atoms with Crippen molar-refractivity contribution in [2.45, 2.75) is 24.8 Å². The zero-order valence-corrected chi connectivity index (χ0v) is 19.8. The van der Waals surface area contributed by atoms with Gasteiger partial charge in [-0.05, 0) is 67.9 Å². The van der Waals surface area contributed by atoms with E-state index in [1.165, 1.54) is 25.1 Å². The second-order valence-electron chi connectivity index (χ2n) is 7.35. The number of nitriles is 1. The number of benzene rings is 3. The monoisotopic (exact) mass is 497 g/mol. The molecule has 0 aliphatic rings. The molecule has 0 saturated carbocycles. The zero-order chi connectivity index (χ0) is 24.9. The van der Waals surface area contributed by atoms with E-state index in [2.05, 4.69) is 10.0 Å². The number of amides is 1. The maximum absolute atomic E-state index is 12.8. The maximum Gasteiger partial charge on any atom is 0.340 e. The molecule has 34 heavy (non-hydrogen) atoms. The summed E-state index contributed by atoms with van der Waals surface area (Å²) in [4.78, 5) is 24.9. The number of hydrogen-bond acceptors (Lipinski definition) is 6. The highest BCUT2D eigenvalue weighted by Gasteiger charge is 2.23. The normalized spacial score (nSPS) is 11.7. The molecule has 2 N–H and O–H groups in total. The maximum atomic E-state index is 12.8. The third-order valence-corrected chi connectivity index (χ3v) is 6.36. The molecule has 0 fully saturated rings. The molecule has 0 saturated heterocycles. The van der Waals surface area contributed by atoms with Crippen LogP contribution in [-0.2, 0) is 19.6 Å². The van der Waals surface area contributed by atoms with Crippen LogP contribution in [0.4, 0.5) is 11.4 Å². The number of nitrogens with one attached hydrogen (secondary N) is 2. The average Bonchev–Trinajstić information content (AvgIpc) is 2.78. The van der Waals surface area contributed by atoms with E-state index >= 15 is 0 Å². The molecule has 1 atom stereocenters. The van der Waals surface area contributed by atoms with Gasteiger partial charge in [0.15, 0.2) is 6.10 Å². The quantitative estimate of drug-likeness (QED) is 0.463. The minimum absolute atomic E-state index is 0.0335. The topological polar surface area (TPSA) is 125 Å². The molecule has 1 amide bonds. The molecule has 0 heterocycles. The number of nitrogens with zero attached hydrogens (tertiary/aromatic N) is 1. The highest BCUT2D eigenvalue weighted by atomic mass is 35.5. The largest absolute Gasteiger partial charge is 0.449 e. The van der Waals surface area contributed by atoms with E-state index in [-0.39, 0.29) is 15.5 Å². The van der Waals surface area contributed by atoms with Gasteiger partial charge in [-0.15, -0.1) is 0 Å². The van der Waals surface area contributed by atoms with Gasteiger partial charge in [0.1, 0.15) is 0 Å². The second kappa shape index (κ2) is 10.4. The molecule has 0 radical (unpaired) electrons. The summed E-state index contributed by atoms with van der Waals surface area (Å²) in [6.07, 6.45) is -1.22. The molecule has 1 unspecified atom stereocenters. The molecular weight excluding hydrogens is 478 g/mol. The van der Waals surface area contributed by atoms with E-state index in [4.69, 9.17) is 21.6 Å². The van der Waals surface area contributed by atoms with Crippen LogP contribution in [0.15, 0.2) is 71.6 Å². The predicted molar refractivity (Wildman–Crippen MR) is 128 cm³/mol. The summed E-state index contributed by atoms with van der Waals surface area (Å²) in [5.74, 6) is -1.60. The lowest BCUT2D eigenvalue weighted by molar-refractivity contribution is -0.123. The molecule has 174 valence electrons. The highest BCUT2D eigenvalue weighted by molar-refractivity contribution is 7.92. The second-order valence-corrected chi connectivity index (χ2v) is 9.44. The van der Waals surface area contributed by atoms with E-state index in [9.17, 15) is 18.0 Å². The van der Waals surface area contributed by atoms with Gasteiger partial charge in [-0.1, -0.05) is 29.8 Å². The van der Waals surface area contributed by atoms with E-state index in [0.717, 1.165) is 11.6 Å². The summed E-state index contributed by atoms with van der Waals surface area (Å²) < 4.78 is 33.2. The minimum Gasteiger partial charge on any atom is -0.449 e. The van der Waals surface area contributed by atoms with Gasteiger partial charge >= 0.3 is 5.97 Å². The molecular formula is C24H20ClN3O5S. The number of hydrogen-bond donors (Lipinski definition) is 2. The lowest BCUT2D eigenvalue weighted by Gasteiger charge is -2.15. The highest BCUT2D eigenvalue weighted by Crippen LogP contribution is 2.24. The first-order valence-corrected chi connectivity index (χ1v) is 11.9. The van der Waals surface area contributed by atoms with Crippen LogP contribution in [0.3, 0.4) is 0 Å². The van der Waals surface area contributed by atoms with E-state index in [0.29, 0.717) is 16.9 Å². The Labute approximate surface area is 202 Å². The fraction of sp³-hybridized carbons (Fsp3) is 0.125. The number of halogens is 1. The fourth-order valence-electron chi connectivity index (χ4n) is 2.94. The Balaban J connectivity index is 1.75. The Bertz CT molecular complexity index is 1400. The van der Waals surface area contributed by atoms with Gasteiger partial charge in [-0.2, -0.15) is 5.26 Å². The first-order chi connectivity index (χ1) is 16.1. The van der Waals surface area contributed by atoms with Crippen molar-refractivity contribution in [3.05, 3.63) is 88.4 Å². The van der Waals surface area contributed by atoms with Crippen LogP contribution < -0.4 is 10.0 Å². The van der Waals surface area contributed by atoms with Crippen LogP contribution in [0.25, 0.3) is 0 Å². The number of esters is 1. The number of sulfonamides is 1. The number of carbonyl (C=O) groups is 2. The summed E-state index contributed by atoms with van der Waals surface area (Å²) in [6, 6.07) is 18.6. The molecule has 0 aliphatic heterocycles. The van der Waals surface area contributed by atoms with Gasteiger partial charge in [0.25, 0.3) is 15.9 Å². The number of anilines is 2. The summed E-state index contributed by atoms with van der Waals surface area (Å²) in [6.45, 7) is 3.18. The van der Waals surface area contributed by atoms with Crippen molar-refractivity contribution in [3.8, 4) is 6.07 Å². The van der Waals surface area contributed by atoms with Crippen molar-refractivity contribution < 1.29 is 22.7 Å². The minimum atomic E-state index is -4.02. The molecule has 8 nitrogen and oxygen atoms in total. The van der Waals surface area contributed by atoms with Gasteiger partial charge in [-0.3, -0.25) is 9.52 Å². The Hall–Kier alpha value is -3.87. The molecule has 0 aliphatic carbocycles. The molecule has 3 aromatic carbocycles.